The number of aromatic nitrogens is 2. The van der Waals surface area contributed by atoms with Crippen LogP contribution in [0, 0.1) is 0 Å². The Labute approximate surface area is 132 Å². The molecule has 118 valence electrons. The van der Waals surface area contributed by atoms with Gasteiger partial charge in [-0.3, -0.25) is 4.68 Å². The molecular weight excluding hydrogens is 274 g/mol. The first kappa shape index (κ1) is 15.1. The summed E-state index contributed by atoms with van der Waals surface area (Å²) < 4.78 is 7.43. The van der Waals surface area contributed by atoms with Gasteiger partial charge in [-0.15, -0.1) is 0 Å². The predicted molar refractivity (Wildman–Crippen MR) is 88.1 cm³/mol. The first-order chi connectivity index (χ1) is 10.7. The van der Waals surface area contributed by atoms with E-state index in [1.807, 2.05) is 18.3 Å². The maximum absolute atomic E-state index is 5.22. The molecule has 2 unspecified atom stereocenters. The van der Waals surface area contributed by atoms with Gasteiger partial charge in [-0.2, -0.15) is 5.10 Å². The zero-order valence-electron chi connectivity index (χ0n) is 13.6. The number of hydrogen-bond donors (Lipinski definition) is 1. The second-order valence-corrected chi connectivity index (χ2v) is 6.17. The normalized spacial score (nSPS) is 17.8. The number of nitrogens with one attached hydrogen (secondary N) is 1. The van der Waals surface area contributed by atoms with E-state index in [9.17, 15) is 0 Å². The fourth-order valence-corrected chi connectivity index (χ4v) is 3.05. The van der Waals surface area contributed by atoms with Crippen LogP contribution in [0.1, 0.15) is 62.5 Å². The van der Waals surface area contributed by atoms with Crippen LogP contribution in [0.3, 0.4) is 0 Å². The van der Waals surface area contributed by atoms with E-state index in [0.29, 0.717) is 6.04 Å². The fourth-order valence-electron chi connectivity index (χ4n) is 3.05. The van der Waals surface area contributed by atoms with Crippen molar-refractivity contribution in [2.45, 2.75) is 51.2 Å². The molecular formula is C18H25N3O. The Morgan fingerprint density at radius 1 is 1.14 bits per heavy atom. The molecule has 1 aromatic carbocycles. The smallest absolute Gasteiger partial charge is 0.118 e. The van der Waals surface area contributed by atoms with Crippen molar-refractivity contribution in [2.75, 3.05) is 7.11 Å². The van der Waals surface area contributed by atoms with Gasteiger partial charge in [0, 0.05) is 18.3 Å². The van der Waals surface area contributed by atoms with Crippen molar-refractivity contribution in [3.8, 4) is 5.75 Å². The van der Waals surface area contributed by atoms with Gasteiger partial charge < -0.3 is 10.1 Å². The largest absolute Gasteiger partial charge is 0.497 e. The summed E-state index contributed by atoms with van der Waals surface area (Å²) in [4.78, 5) is 0. The molecule has 1 heterocycles. The number of methoxy groups -OCH3 is 1. The van der Waals surface area contributed by atoms with Crippen LogP contribution in [-0.2, 0) is 0 Å². The molecule has 0 amide bonds. The van der Waals surface area contributed by atoms with E-state index < -0.39 is 0 Å². The molecule has 1 saturated carbocycles. The number of rotatable bonds is 6. The first-order valence-electron chi connectivity index (χ1n) is 8.12. The second-order valence-electron chi connectivity index (χ2n) is 6.17. The summed E-state index contributed by atoms with van der Waals surface area (Å²) in [6, 6.07) is 11.6. The maximum Gasteiger partial charge on any atom is 0.118 e. The van der Waals surface area contributed by atoms with Gasteiger partial charge in [0.05, 0.1) is 18.8 Å². The van der Waals surface area contributed by atoms with E-state index in [1.54, 1.807) is 7.11 Å². The number of hydrogen-bond acceptors (Lipinski definition) is 3. The van der Waals surface area contributed by atoms with E-state index in [2.05, 4.69) is 47.1 Å². The van der Waals surface area contributed by atoms with Crippen LogP contribution >= 0.6 is 0 Å². The molecule has 4 nitrogen and oxygen atoms in total. The Morgan fingerprint density at radius 2 is 1.86 bits per heavy atom. The van der Waals surface area contributed by atoms with E-state index in [4.69, 9.17) is 4.74 Å². The van der Waals surface area contributed by atoms with Gasteiger partial charge >= 0.3 is 0 Å². The predicted octanol–water partition coefficient (Wildman–Crippen LogP) is 4.03. The van der Waals surface area contributed by atoms with Crippen molar-refractivity contribution < 1.29 is 4.74 Å². The quantitative estimate of drug-likeness (QED) is 0.875. The highest BCUT2D eigenvalue weighted by Gasteiger charge is 2.24. The Balaban J connectivity index is 1.67. The van der Waals surface area contributed by atoms with Crippen LogP contribution in [0.25, 0.3) is 0 Å². The highest BCUT2D eigenvalue weighted by molar-refractivity contribution is 5.29. The van der Waals surface area contributed by atoms with Gasteiger partial charge in [0.1, 0.15) is 5.75 Å². The Kier molecular flexibility index (Phi) is 4.48. The molecule has 3 rings (SSSR count). The summed E-state index contributed by atoms with van der Waals surface area (Å²) in [5.41, 5.74) is 2.55. The molecule has 1 N–H and O–H groups in total. The minimum atomic E-state index is 0.278. The molecule has 2 aromatic rings. The van der Waals surface area contributed by atoms with Crippen molar-refractivity contribution in [3.05, 3.63) is 47.8 Å². The van der Waals surface area contributed by atoms with Crippen molar-refractivity contribution in [1.82, 2.24) is 15.1 Å². The average Bonchev–Trinajstić information content (AvgIpc) is 2.94. The van der Waals surface area contributed by atoms with Crippen molar-refractivity contribution in [1.29, 1.82) is 0 Å². The third kappa shape index (κ3) is 3.02. The van der Waals surface area contributed by atoms with Crippen LogP contribution in [0.15, 0.2) is 36.5 Å². The molecule has 0 spiro atoms. The monoisotopic (exact) mass is 299 g/mol. The van der Waals surface area contributed by atoms with E-state index in [-0.39, 0.29) is 12.1 Å². The number of ether oxygens (including phenoxy) is 1. The highest BCUT2D eigenvalue weighted by Crippen LogP contribution is 2.33. The molecule has 1 aliphatic rings. The third-order valence-electron chi connectivity index (χ3n) is 4.68. The molecule has 0 bridgehead atoms. The minimum absolute atomic E-state index is 0.278. The van der Waals surface area contributed by atoms with Crippen LogP contribution < -0.4 is 10.1 Å². The molecule has 1 aromatic heterocycles. The van der Waals surface area contributed by atoms with Gasteiger partial charge in [0.2, 0.25) is 0 Å². The summed E-state index contributed by atoms with van der Waals surface area (Å²) in [5, 5.41) is 8.20. The first-order valence-corrected chi connectivity index (χ1v) is 8.12. The summed E-state index contributed by atoms with van der Waals surface area (Å²) >= 11 is 0. The summed E-state index contributed by atoms with van der Waals surface area (Å²) in [6.07, 6.45) is 5.77. The van der Waals surface area contributed by atoms with E-state index in [0.717, 1.165) is 5.75 Å². The number of benzene rings is 1. The summed E-state index contributed by atoms with van der Waals surface area (Å²) in [6.45, 7) is 4.41. The zero-order valence-corrected chi connectivity index (χ0v) is 13.6. The van der Waals surface area contributed by atoms with Crippen LogP contribution in [0.2, 0.25) is 0 Å². The van der Waals surface area contributed by atoms with Gasteiger partial charge in [0.15, 0.2) is 0 Å². The molecule has 1 fully saturated rings. The van der Waals surface area contributed by atoms with Crippen molar-refractivity contribution in [2.24, 2.45) is 0 Å². The molecule has 4 heteroatoms. The Bertz CT molecular complexity index is 601. The van der Waals surface area contributed by atoms with Crippen molar-refractivity contribution >= 4 is 0 Å². The lowest BCUT2D eigenvalue weighted by atomic mass is 9.93. The van der Waals surface area contributed by atoms with Gasteiger partial charge in [0.25, 0.3) is 0 Å². The molecule has 2 atom stereocenters. The summed E-state index contributed by atoms with van der Waals surface area (Å²) in [7, 11) is 1.69. The van der Waals surface area contributed by atoms with Gasteiger partial charge in [-0.1, -0.05) is 12.1 Å². The minimum Gasteiger partial charge on any atom is -0.497 e. The molecule has 0 radical (unpaired) electrons. The Morgan fingerprint density at radius 3 is 2.45 bits per heavy atom. The zero-order chi connectivity index (χ0) is 15.5. The van der Waals surface area contributed by atoms with Crippen molar-refractivity contribution in [3.63, 3.8) is 0 Å². The molecule has 22 heavy (non-hydrogen) atoms. The Hall–Kier alpha value is -1.81. The van der Waals surface area contributed by atoms with Crippen LogP contribution in [0.4, 0.5) is 0 Å². The molecule has 0 aliphatic heterocycles. The standard InChI is InChI=1S/C18H25N3O/c1-13(15-7-9-17(22-3)10-8-15)20-14(2)18-11-12-19-21(18)16-5-4-6-16/h7-14,16,20H,4-6H2,1-3H3. The van der Waals surface area contributed by atoms with Crippen LogP contribution in [-0.4, -0.2) is 16.9 Å². The lowest BCUT2D eigenvalue weighted by Crippen LogP contribution is -2.27. The van der Waals surface area contributed by atoms with Gasteiger partial charge in [-0.05, 0) is 56.9 Å². The SMILES string of the molecule is COc1ccc(C(C)NC(C)c2ccnn2C2CCC2)cc1. The van der Waals surface area contributed by atoms with E-state index >= 15 is 0 Å². The van der Waals surface area contributed by atoms with Crippen LogP contribution in [0.5, 0.6) is 5.75 Å². The topological polar surface area (TPSA) is 39.1 Å². The fraction of sp³-hybridized carbons (Fsp3) is 0.500. The van der Waals surface area contributed by atoms with Gasteiger partial charge in [-0.25, -0.2) is 0 Å². The maximum atomic E-state index is 5.22. The molecule has 0 saturated heterocycles. The third-order valence-corrected chi connectivity index (χ3v) is 4.68. The highest BCUT2D eigenvalue weighted by atomic mass is 16.5. The second kappa shape index (κ2) is 6.53. The average molecular weight is 299 g/mol. The molecule has 1 aliphatic carbocycles. The van der Waals surface area contributed by atoms with E-state index in [1.165, 1.54) is 30.5 Å². The lowest BCUT2D eigenvalue weighted by Gasteiger charge is -2.30. The number of nitrogens with zero attached hydrogens (tertiary/aromatic N) is 2. The summed E-state index contributed by atoms with van der Waals surface area (Å²) in [5.74, 6) is 0.895. The lowest BCUT2D eigenvalue weighted by molar-refractivity contribution is 0.274.